The first kappa shape index (κ1) is 27.8. The van der Waals surface area contributed by atoms with Crippen LogP contribution in [0.3, 0.4) is 0 Å². The molecule has 202 valence electrons. The Morgan fingerprint density at radius 2 is 1.82 bits per heavy atom. The first-order valence-corrected chi connectivity index (χ1v) is 12.8. The van der Waals surface area contributed by atoms with Gasteiger partial charge in [-0.3, -0.25) is 14.7 Å². The SMILES string of the molecule is C=CC(=O)N[C@H]1CN(CCN(C)C)C[C@H]1Nc1ncc2cc(-c3c(Cl)c(OC)cc(OC)c3Cl)ncc2n1. The fraction of sp³-hybridized carbons (Fsp3) is 0.385. The Morgan fingerprint density at radius 3 is 2.45 bits per heavy atom. The zero-order valence-corrected chi connectivity index (χ0v) is 23.3. The van der Waals surface area contributed by atoms with E-state index in [1.807, 2.05) is 20.2 Å². The smallest absolute Gasteiger partial charge is 0.243 e. The van der Waals surface area contributed by atoms with Crippen molar-refractivity contribution in [3.05, 3.63) is 47.2 Å². The standard InChI is InChI=1S/C26H31Cl2N7O3/c1-6-22(36)31-18-13-35(8-7-34(2)3)14-19(18)33-26-30-11-15-9-16(29-12-17(15)32-26)23-24(27)20(37-4)10-21(38-5)25(23)28/h6,9-12,18-19H,1,7-8,13-14H2,2-5H3,(H,31,36)(H,30,32,33)/t18-,19+/m0/s1. The van der Waals surface area contributed by atoms with Gasteiger partial charge < -0.3 is 25.0 Å². The van der Waals surface area contributed by atoms with Crippen LogP contribution in [0.1, 0.15) is 0 Å². The lowest BCUT2D eigenvalue weighted by Gasteiger charge is -2.20. The predicted molar refractivity (Wildman–Crippen MR) is 150 cm³/mol. The molecule has 10 nitrogen and oxygen atoms in total. The second-order valence-electron chi connectivity index (χ2n) is 9.24. The molecule has 1 aliphatic heterocycles. The number of carbonyl (C=O) groups excluding carboxylic acids is 1. The summed E-state index contributed by atoms with van der Waals surface area (Å²) >= 11 is 13.1. The fourth-order valence-electron chi connectivity index (χ4n) is 4.36. The van der Waals surface area contributed by atoms with Crippen LogP contribution in [-0.2, 0) is 4.79 Å². The van der Waals surface area contributed by atoms with Gasteiger partial charge in [0.1, 0.15) is 11.5 Å². The van der Waals surface area contributed by atoms with Crippen LogP contribution >= 0.6 is 23.2 Å². The molecular formula is C26H31Cl2N7O3. The lowest BCUT2D eigenvalue weighted by Crippen LogP contribution is -2.45. The van der Waals surface area contributed by atoms with E-state index in [1.165, 1.54) is 20.3 Å². The van der Waals surface area contributed by atoms with Gasteiger partial charge in [-0.2, -0.15) is 0 Å². The summed E-state index contributed by atoms with van der Waals surface area (Å²) in [5, 5.41) is 7.83. The molecule has 0 saturated carbocycles. The molecule has 1 amide bonds. The van der Waals surface area contributed by atoms with Crippen molar-refractivity contribution in [3.63, 3.8) is 0 Å². The quantitative estimate of drug-likeness (QED) is 0.362. The summed E-state index contributed by atoms with van der Waals surface area (Å²) in [7, 11) is 7.12. The maximum atomic E-state index is 12.0. The van der Waals surface area contributed by atoms with Crippen molar-refractivity contribution < 1.29 is 14.3 Å². The van der Waals surface area contributed by atoms with E-state index in [2.05, 4.69) is 42.0 Å². The largest absolute Gasteiger partial charge is 0.495 e. The molecule has 4 rings (SSSR count). The average molecular weight is 560 g/mol. The van der Waals surface area contributed by atoms with Gasteiger partial charge in [0.2, 0.25) is 11.9 Å². The Bertz CT molecular complexity index is 1310. The van der Waals surface area contributed by atoms with Crippen molar-refractivity contribution in [2.24, 2.45) is 0 Å². The van der Waals surface area contributed by atoms with Crippen molar-refractivity contribution in [2.45, 2.75) is 12.1 Å². The zero-order chi connectivity index (χ0) is 27.4. The molecule has 0 unspecified atom stereocenters. The van der Waals surface area contributed by atoms with E-state index >= 15 is 0 Å². The highest BCUT2D eigenvalue weighted by molar-refractivity contribution is 6.41. The minimum atomic E-state index is -0.209. The monoisotopic (exact) mass is 559 g/mol. The van der Waals surface area contributed by atoms with Gasteiger partial charge in [0.05, 0.1) is 53.8 Å². The molecule has 2 aromatic heterocycles. The third-order valence-electron chi connectivity index (χ3n) is 6.38. The topological polar surface area (TPSA) is 105 Å². The van der Waals surface area contributed by atoms with Crippen LogP contribution in [0.15, 0.2) is 37.2 Å². The molecule has 3 aromatic rings. The lowest BCUT2D eigenvalue weighted by molar-refractivity contribution is -0.117. The van der Waals surface area contributed by atoms with Crippen molar-refractivity contribution in [3.8, 4) is 22.8 Å². The molecule has 12 heteroatoms. The number of methoxy groups -OCH3 is 2. The number of hydrogen-bond donors (Lipinski definition) is 2. The van der Waals surface area contributed by atoms with Crippen LogP contribution in [0.25, 0.3) is 22.2 Å². The third kappa shape index (κ3) is 6.10. The Balaban J connectivity index is 1.59. The normalized spacial score (nSPS) is 17.6. The highest BCUT2D eigenvalue weighted by atomic mass is 35.5. The first-order chi connectivity index (χ1) is 18.2. The Kier molecular flexibility index (Phi) is 8.88. The summed E-state index contributed by atoms with van der Waals surface area (Å²) in [5.74, 6) is 1.09. The van der Waals surface area contributed by atoms with Gasteiger partial charge in [-0.15, -0.1) is 0 Å². The average Bonchev–Trinajstić information content (AvgIpc) is 3.28. The first-order valence-electron chi connectivity index (χ1n) is 12.0. The molecular weight excluding hydrogens is 529 g/mol. The number of nitrogens with one attached hydrogen (secondary N) is 2. The maximum Gasteiger partial charge on any atom is 0.243 e. The molecule has 0 spiro atoms. The van der Waals surface area contributed by atoms with Crippen LogP contribution in [0.5, 0.6) is 11.5 Å². The Hall–Kier alpha value is -3.18. The number of pyridine rings is 1. The minimum Gasteiger partial charge on any atom is -0.495 e. The molecule has 1 aromatic carbocycles. The number of nitrogens with zero attached hydrogens (tertiary/aromatic N) is 5. The number of rotatable bonds is 10. The van der Waals surface area contributed by atoms with Crippen molar-refractivity contribution in [1.82, 2.24) is 30.1 Å². The molecule has 1 aliphatic rings. The third-order valence-corrected chi connectivity index (χ3v) is 7.13. The van der Waals surface area contributed by atoms with Gasteiger partial charge in [-0.1, -0.05) is 29.8 Å². The molecule has 0 bridgehead atoms. The Morgan fingerprint density at radius 1 is 1.13 bits per heavy atom. The fourth-order valence-corrected chi connectivity index (χ4v) is 5.05. The number of aromatic nitrogens is 3. The van der Waals surface area contributed by atoms with Crippen molar-refractivity contribution in [2.75, 3.05) is 59.8 Å². The van der Waals surface area contributed by atoms with E-state index < -0.39 is 0 Å². The summed E-state index contributed by atoms with van der Waals surface area (Å²) < 4.78 is 10.8. The zero-order valence-electron chi connectivity index (χ0n) is 21.8. The summed E-state index contributed by atoms with van der Waals surface area (Å²) in [6, 6.07) is 3.25. The van der Waals surface area contributed by atoms with Crippen molar-refractivity contribution >= 4 is 46.0 Å². The molecule has 2 atom stereocenters. The number of fused-ring (bicyclic) bond motifs is 1. The van der Waals surface area contributed by atoms with Crippen molar-refractivity contribution in [1.29, 1.82) is 0 Å². The number of likely N-dealkylation sites (N-methyl/N-ethyl adjacent to an activating group) is 1. The van der Waals surface area contributed by atoms with E-state index in [4.69, 9.17) is 32.7 Å². The highest BCUT2D eigenvalue weighted by Gasteiger charge is 2.34. The number of halogens is 2. The van der Waals surface area contributed by atoms with Crippen LogP contribution in [0.4, 0.5) is 5.95 Å². The summed E-state index contributed by atoms with van der Waals surface area (Å²) in [5.41, 5.74) is 1.68. The maximum absolute atomic E-state index is 12.0. The number of likely N-dealkylation sites (tertiary alicyclic amines) is 1. The lowest BCUT2D eigenvalue weighted by atomic mass is 10.1. The van der Waals surface area contributed by atoms with Crippen LogP contribution in [-0.4, -0.2) is 97.2 Å². The molecule has 1 saturated heterocycles. The van der Waals surface area contributed by atoms with E-state index in [0.717, 1.165) is 31.6 Å². The molecule has 0 radical (unpaired) electrons. The van der Waals surface area contributed by atoms with Crippen LogP contribution in [0.2, 0.25) is 10.0 Å². The van der Waals surface area contributed by atoms with Crippen LogP contribution < -0.4 is 20.1 Å². The second kappa shape index (κ2) is 12.1. The van der Waals surface area contributed by atoms with E-state index in [1.54, 1.807) is 18.5 Å². The molecule has 0 aliphatic carbocycles. The minimum absolute atomic E-state index is 0.0763. The van der Waals surface area contributed by atoms with Gasteiger partial charge >= 0.3 is 0 Å². The second-order valence-corrected chi connectivity index (χ2v) is 9.99. The highest BCUT2D eigenvalue weighted by Crippen LogP contribution is 2.45. The summed E-state index contributed by atoms with van der Waals surface area (Å²) in [4.78, 5) is 30.2. The number of anilines is 1. The number of ether oxygens (including phenoxy) is 2. The summed E-state index contributed by atoms with van der Waals surface area (Å²) in [6.45, 7) is 6.83. The van der Waals surface area contributed by atoms with E-state index in [-0.39, 0.29) is 18.0 Å². The van der Waals surface area contributed by atoms with Crippen LogP contribution in [0, 0.1) is 0 Å². The predicted octanol–water partition coefficient (Wildman–Crippen LogP) is 3.34. The van der Waals surface area contributed by atoms with Gasteiger partial charge in [0, 0.05) is 49.4 Å². The van der Waals surface area contributed by atoms with Gasteiger partial charge in [0.25, 0.3) is 0 Å². The molecule has 2 N–H and O–H groups in total. The number of amides is 1. The van der Waals surface area contributed by atoms with Gasteiger partial charge in [-0.05, 0) is 26.2 Å². The van der Waals surface area contributed by atoms with E-state index in [0.29, 0.717) is 44.3 Å². The Labute approximate surface area is 231 Å². The van der Waals surface area contributed by atoms with E-state index in [9.17, 15) is 4.79 Å². The number of benzene rings is 1. The number of hydrogen-bond acceptors (Lipinski definition) is 9. The number of carbonyl (C=O) groups is 1. The summed E-state index contributed by atoms with van der Waals surface area (Å²) in [6.07, 6.45) is 4.64. The molecule has 1 fully saturated rings. The van der Waals surface area contributed by atoms with Gasteiger partial charge in [0.15, 0.2) is 0 Å². The molecule has 38 heavy (non-hydrogen) atoms. The van der Waals surface area contributed by atoms with Gasteiger partial charge in [-0.25, -0.2) is 9.97 Å². The molecule has 3 heterocycles.